The molecule has 0 spiro atoms. The number of para-hydroxylation sites is 1. The molecule has 0 atom stereocenters. The zero-order valence-corrected chi connectivity index (χ0v) is 14.7. The minimum absolute atomic E-state index is 0.0839. The highest BCUT2D eigenvalue weighted by atomic mass is 35.5. The molecule has 2 rings (SSSR count). The number of carbonyl (C=O) groups is 2. The van der Waals surface area contributed by atoms with Crippen molar-refractivity contribution in [3.05, 3.63) is 39.3 Å². The molecule has 5 nitrogen and oxygen atoms in total. The van der Waals surface area contributed by atoms with Crippen molar-refractivity contribution in [2.45, 2.75) is 6.92 Å². The Labute approximate surface area is 148 Å². The molecule has 124 valence electrons. The number of rotatable bonds is 6. The van der Waals surface area contributed by atoms with Crippen LogP contribution in [0.2, 0.25) is 10.0 Å². The lowest BCUT2D eigenvalue weighted by molar-refractivity contribution is -0.137. The van der Waals surface area contributed by atoms with Crippen molar-refractivity contribution >= 4 is 46.8 Å². The summed E-state index contributed by atoms with van der Waals surface area (Å²) in [5, 5.41) is 1.37. The summed E-state index contributed by atoms with van der Waals surface area (Å²) in [6.45, 7) is 2.51. The first-order valence-electron chi connectivity index (χ1n) is 6.91. The number of benzene rings is 1. The molecule has 1 fully saturated rings. The van der Waals surface area contributed by atoms with Crippen molar-refractivity contribution in [3.8, 4) is 5.75 Å². The molecule has 1 amide bonds. The van der Waals surface area contributed by atoms with Crippen molar-refractivity contribution in [1.82, 2.24) is 4.90 Å². The molecule has 1 heterocycles. The minimum Gasteiger partial charge on any atom is -0.489 e. The average molecular weight is 376 g/mol. The highest BCUT2D eigenvalue weighted by molar-refractivity contribution is 8.04. The molecule has 1 aromatic rings. The van der Waals surface area contributed by atoms with Gasteiger partial charge in [0.2, 0.25) is 5.91 Å². The van der Waals surface area contributed by atoms with Gasteiger partial charge in [0.1, 0.15) is 6.61 Å². The van der Waals surface area contributed by atoms with Gasteiger partial charge in [0.05, 0.1) is 40.1 Å². The van der Waals surface area contributed by atoms with Crippen LogP contribution in [-0.2, 0) is 14.3 Å². The number of nitrogens with zero attached hydrogens (tertiary/aromatic N) is 1. The highest BCUT2D eigenvalue weighted by Gasteiger charge is 2.27. The summed E-state index contributed by atoms with van der Waals surface area (Å²) in [7, 11) is 0. The van der Waals surface area contributed by atoms with E-state index in [4.69, 9.17) is 32.7 Å². The van der Waals surface area contributed by atoms with E-state index in [0.717, 1.165) is 0 Å². The van der Waals surface area contributed by atoms with Crippen molar-refractivity contribution in [2.24, 2.45) is 0 Å². The van der Waals surface area contributed by atoms with Gasteiger partial charge in [0.15, 0.2) is 5.75 Å². The lowest BCUT2D eigenvalue weighted by atomic mass is 10.3. The number of amides is 1. The van der Waals surface area contributed by atoms with Crippen LogP contribution in [0.1, 0.15) is 6.92 Å². The molecule has 0 unspecified atom stereocenters. The standard InChI is InChI=1S/C15H15Cl2NO4S/c1-2-21-14(20)8-13-18(12(19)9-23-13)6-7-22-15-10(16)4-3-5-11(15)17/h3-5,8H,2,6-7,9H2,1H3/b13-8-. The Hall–Kier alpha value is -1.37. The van der Waals surface area contributed by atoms with Gasteiger partial charge < -0.3 is 14.4 Å². The number of hydrogen-bond donors (Lipinski definition) is 0. The first-order valence-corrected chi connectivity index (χ1v) is 8.65. The summed E-state index contributed by atoms with van der Waals surface area (Å²) in [4.78, 5) is 24.9. The summed E-state index contributed by atoms with van der Waals surface area (Å²) in [6.07, 6.45) is 1.32. The van der Waals surface area contributed by atoms with Crippen LogP contribution in [-0.4, -0.2) is 42.3 Å². The van der Waals surface area contributed by atoms with Gasteiger partial charge in [-0.2, -0.15) is 0 Å². The molecule has 0 aromatic heterocycles. The van der Waals surface area contributed by atoms with Gasteiger partial charge in [0, 0.05) is 0 Å². The maximum Gasteiger partial charge on any atom is 0.333 e. The molecule has 0 aliphatic carbocycles. The van der Waals surface area contributed by atoms with Crippen LogP contribution in [0.3, 0.4) is 0 Å². The predicted molar refractivity (Wildman–Crippen MR) is 90.8 cm³/mol. The highest BCUT2D eigenvalue weighted by Crippen LogP contribution is 2.33. The van der Waals surface area contributed by atoms with Gasteiger partial charge in [-0.15, -0.1) is 0 Å². The van der Waals surface area contributed by atoms with Gasteiger partial charge in [-0.1, -0.05) is 41.0 Å². The normalized spacial score (nSPS) is 16.0. The molecule has 1 saturated heterocycles. The second-order valence-electron chi connectivity index (χ2n) is 4.47. The number of carbonyl (C=O) groups excluding carboxylic acids is 2. The minimum atomic E-state index is -0.468. The van der Waals surface area contributed by atoms with Crippen molar-refractivity contribution in [3.63, 3.8) is 0 Å². The quantitative estimate of drug-likeness (QED) is 0.563. The van der Waals surface area contributed by atoms with E-state index in [9.17, 15) is 9.59 Å². The Morgan fingerprint density at radius 2 is 2.09 bits per heavy atom. The fraction of sp³-hybridized carbons (Fsp3) is 0.333. The van der Waals surface area contributed by atoms with Gasteiger partial charge in [-0.3, -0.25) is 4.79 Å². The Bertz CT molecular complexity index is 616. The Balaban J connectivity index is 1.98. The maximum atomic E-state index is 11.9. The zero-order chi connectivity index (χ0) is 16.8. The lowest BCUT2D eigenvalue weighted by Gasteiger charge is -2.18. The molecule has 1 aliphatic heterocycles. The van der Waals surface area contributed by atoms with E-state index in [1.165, 1.54) is 22.7 Å². The van der Waals surface area contributed by atoms with Gasteiger partial charge in [0.25, 0.3) is 0 Å². The van der Waals surface area contributed by atoms with E-state index in [1.807, 2.05) is 0 Å². The maximum absolute atomic E-state index is 11.9. The van der Waals surface area contributed by atoms with Crippen molar-refractivity contribution < 1.29 is 19.1 Å². The zero-order valence-electron chi connectivity index (χ0n) is 12.4. The monoisotopic (exact) mass is 375 g/mol. The summed E-state index contributed by atoms with van der Waals surface area (Å²) in [6, 6.07) is 5.07. The first kappa shape index (κ1) is 18.0. The van der Waals surface area contributed by atoms with E-state index in [1.54, 1.807) is 25.1 Å². The second kappa shape index (κ2) is 8.47. The third-order valence-corrected chi connectivity index (χ3v) is 4.54. The summed E-state index contributed by atoms with van der Waals surface area (Å²) in [5.41, 5.74) is 0. The first-order chi connectivity index (χ1) is 11.0. The number of hydrogen-bond acceptors (Lipinski definition) is 5. The number of ether oxygens (including phenoxy) is 2. The van der Waals surface area contributed by atoms with Crippen LogP contribution in [0.15, 0.2) is 29.3 Å². The van der Waals surface area contributed by atoms with Crippen LogP contribution in [0.4, 0.5) is 0 Å². The molecule has 1 aliphatic rings. The third kappa shape index (κ3) is 4.80. The van der Waals surface area contributed by atoms with E-state index in [0.29, 0.717) is 27.4 Å². The van der Waals surface area contributed by atoms with E-state index >= 15 is 0 Å². The smallest absolute Gasteiger partial charge is 0.333 e. The fourth-order valence-electron chi connectivity index (χ4n) is 1.91. The van der Waals surface area contributed by atoms with E-state index in [-0.39, 0.29) is 24.9 Å². The molecular formula is C15H15Cl2NO4S. The third-order valence-electron chi connectivity index (χ3n) is 2.92. The molecule has 1 aromatic carbocycles. The van der Waals surface area contributed by atoms with Gasteiger partial charge in [-0.25, -0.2) is 4.79 Å². The predicted octanol–water partition coefficient (Wildman–Crippen LogP) is 3.35. The van der Waals surface area contributed by atoms with Crippen LogP contribution in [0, 0.1) is 0 Å². The van der Waals surface area contributed by atoms with Gasteiger partial charge in [-0.05, 0) is 19.1 Å². The van der Waals surface area contributed by atoms with Crippen LogP contribution in [0.25, 0.3) is 0 Å². The lowest BCUT2D eigenvalue weighted by Crippen LogP contribution is -2.29. The molecule has 23 heavy (non-hydrogen) atoms. The molecule has 0 radical (unpaired) electrons. The van der Waals surface area contributed by atoms with E-state index in [2.05, 4.69) is 0 Å². The van der Waals surface area contributed by atoms with Crippen molar-refractivity contribution in [2.75, 3.05) is 25.5 Å². The molecule has 0 bridgehead atoms. The summed E-state index contributed by atoms with van der Waals surface area (Å²) >= 11 is 13.3. The number of thioether (sulfide) groups is 1. The second-order valence-corrected chi connectivity index (χ2v) is 6.28. The average Bonchev–Trinajstić information content (AvgIpc) is 2.83. The molecule has 0 N–H and O–H groups in total. The Morgan fingerprint density at radius 3 is 2.74 bits per heavy atom. The SMILES string of the molecule is CCOC(=O)/C=C1\SCC(=O)N1CCOc1c(Cl)cccc1Cl. The largest absolute Gasteiger partial charge is 0.489 e. The number of esters is 1. The summed E-state index contributed by atoms with van der Waals surface area (Å²) in [5.74, 6) is 0.119. The topological polar surface area (TPSA) is 55.8 Å². The molecule has 0 saturated carbocycles. The van der Waals surface area contributed by atoms with Crippen LogP contribution in [0.5, 0.6) is 5.75 Å². The van der Waals surface area contributed by atoms with Crippen LogP contribution >= 0.6 is 35.0 Å². The number of halogens is 2. The van der Waals surface area contributed by atoms with Crippen molar-refractivity contribution in [1.29, 1.82) is 0 Å². The molecular weight excluding hydrogens is 361 g/mol. The Morgan fingerprint density at radius 1 is 1.39 bits per heavy atom. The van der Waals surface area contributed by atoms with E-state index < -0.39 is 5.97 Å². The van der Waals surface area contributed by atoms with Crippen LogP contribution < -0.4 is 4.74 Å². The van der Waals surface area contributed by atoms with Gasteiger partial charge >= 0.3 is 5.97 Å². The Kier molecular flexibility index (Phi) is 6.62. The fourth-order valence-corrected chi connectivity index (χ4v) is 3.38. The summed E-state index contributed by atoms with van der Waals surface area (Å²) < 4.78 is 10.4. The molecule has 8 heteroatoms.